The highest BCUT2D eigenvalue weighted by molar-refractivity contribution is 7.80. The minimum Gasteiger partial charge on any atom is -0.483 e. The molecule has 1 aromatic carbocycles. The number of thiol groups is 1. The molecule has 1 rings (SSSR count). The average Bonchev–Trinajstić information content (AvgIpc) is 2.28. The number of hydrogen-bond donors (Lipinski definition) is 2. The van der Waals surface area contributed by atoms with Gasteiger partial charge in [-0.1, -0.05) is 6.07 Å². The third-order valence-electron chi connectivity index (χ3n) is 2.62. The van der Waals surface area contributed by atoms with Gasteiger partial charge in [-0.15, -0.1) is 12.6 Å². The van der Waals surface area contributed by atoms with Crippen molar-refractivity contribution in [2.45, 2.75) is 32.6 Å². The van der Waals surface area contributed by atoms with E-state index in [0.29, 0.717) is 0 Å². The Balaban J connectivity index is 0.000000770. The van der Waals surface area contributed by atoms with Crippen molar-refractivity contribution in [1.82, 2.24) is 0 Å². The molecule has 0 aliphatic heterocycles. The number of aryl methyl sites for hydroxylation is 2. The SMILES string of the molecule is CCN(CC)c1cc(S)c(C)cc1C.O=CO. The summed E-state index contributed by atoms with van der Waals surface area (Å²) in [5, 5.41) is 6.89. The zero-order valence-electron chi connectivity index (χ0n) is 10.9. The maximum absolute atomic E-state index is 8.36. The molecule has 17 heavy (non-hydrogen) atoms. The minimum atomic E-state index is -0.250. The molecule has 0 saturated carbocycles. The number of benzene rings is 1. The van der Waals surface area contributed by atoms with Crippen molar-refractivity contribution in [3.8, 4) is 0 Å². The zero-order chi connectivity index (χ0) is 13.4. The highest BCUT2D eigenvalue weighted by Gasteiger charge is 2.07. The van der Waals surface area contributed by atoms with Crippen LogP contribution in [0.5, 0.6) is 0 Å². The summed E-state index contributed by atoms with van der Waals surface area (Å²) in [6.45, 7) is 10.5. The van der Waals surface area contributed by atoms with E-state index >= 15 is 0 Å². The van der Waals surface area contributed by atoms with Gasteiger partial charge in [0.1, 0.15) is 0 Å². The highest BCUT2D eigenvalue weighted by atomic mass is 32.1. The second-order valence-electron chi connectivity index (χ2n) is 3.70. The summed E-state index contributed by atoms with van der Waals surface area (Å²) >= 11 is 4.46. The van der Waals surface area contributed by atoms with Crippen molar-refractivity contribution < 1.29 is 9.90 Å². The molecule has 0 bridgehead atoms. The molecule has 0 aliphatic rings. The van der Waals surface area contributed by atoms with Gasteiger partial charge >= 0.3 is 0 Å². The molecule has 1 N–H and O–H groups in total. The number of hydrogen-bond acceptors (Lipinski definition) is 3. The predicted octanol–water partition coefficient (Wildman–Crippen LogP) is 3.14. The number of carboxylic acid groups (broad SMARTS) is 1. The van der Waals surface area contributed by atoms with E-state index < -0.39 is 0 Å². The van der Waals surface area contributed by atoms with Gasteiger partial charge in [0.15, 0.2) is 0 Å². The molecule has 0 amide bonds. The van der Waals surface area contributed by atoms with Crippen molar-refractivity contribution in [3.63, 3.8) is 0 Å². The van der Waals surface area contributed by atoms with E-state index in [4.69, 9.17) is 9.90 Å². The Labute approximate surface area is 109 Å². The summed E-state index contributed by atoms with van der Waals surface area (Å²) in [5.41, 5.74) is 3.90. The molecule has 0 saturated heterocycles. The Morgan fingerprint density at radius 2 is 1.71 bits per heavy atom. The lowest BCUT2D eigenvalue weighted by Gasteiger charge is -2.24. The van der Waals surface area contributed by atoms with Gasteiger partial charge in [0, 0.05) is 23.7 Å². The first-order valence-corrected chi connectivity index (χ1v) is 6.09. The fourth-order valence-corrected chi connectivity index (χ4v) is 1.92. The van der Waals surface area contributed by atoms with Gasteiger partial charge in [0.2, 0.25) is 0 Å². The van der Waals surface area contributed by atoms with Crippen LogP contribution in [-0.4, -0.2) is 24.7 Å². The Hall–Kier alpha value is -1.16. The van der Waals surface area contributed by atoms with Crippen LogP contribution < -0.4 is 4.90 Å². The molecule has 3 nitrogen and oxygen atoms in total. The summed E-state index contributed by atoms with van der Waals surface area (Å²) in [7, 11) is 0. The summed E-state index contributed by atoms with van der Waals surface area (Å²) in [6.07, 6.45) is 0. The van der Waals surface area contributed by atoms with E-state index in [1.807, 2.05) is 0 Å². The molecular formula is C13H21NO2S. The number of carbonyl (C=O) groups is 1. The largest absolute Gasteiger partial charge is 0.483 e. The fourth-order valence-electron chi connectivity index (χ4n) is 1.73. The average molecular weight is 255 g/mol. The van der Waals surface area contributed by atoms with Crippen molar-refractivity contribution in [2.75, 3.05) is 18.0 Å². The molecule has 0 fully saturated rings. The normalized spacial score (nSPS) is 9.24. The van der Waals surface area contributed by atoms with Crippen LogP contribution in [0.3, 0.4) is 0 Å². The predicted molar refractivity (Wildman–Crippen MR) is 75.4 cm³/mol. The molecular weight excluding hydrogens is 234 g/mol. The van der Waals surface area contributed by atoms with Crippen molar-refractivity contribution >= 4 is 24.8 Å². The van der Waals surface area contributed by atoms with Crippen LogP contribution in [0.25, 0.3) is 0 Å². The third kappa shape index (κ3) is 4.69. The Morgan fingerprint density at radius 1 is 1.24 bits per heavy atom. The van der Waals surface area contributed by atoms with Gasteiger partial charge in [-0.3, -0.25) is 4.79 Å². The van der Waals surface area contributed by atoms with E-state index in [2.05, 4.69) is 57.4 Å². The first-order chi connectivity index (χ1) is 8.01. The Kier molecular flexibility index (Phi) is 7.46. The van der Waals surface area contributed by atoms with E-state index in [0.717, 1.165) is 18.0 Å². The molecule has 0 spiro atoms. The first-order valence-electron chi connectivity index (χ1n) is 5.64. The quantitative estimate of drug-likeness (QED) is 0.644. The highest BCUT2D eigenvalue weighted by Crippen LogP contribution is 2.26. The Morgan fingerprint density at radius 3 is 2.12 bits per heavy atom. The topological polar surface area (TPSA) is 40.5 Å². The van der Waals surface area contributed by atoms with Crippen LogP contribution in [0, 0.1) is 13.8 Å². The van der Waals surface area contributed by atoms with Gasteiger partial charge < -0.3 is 10.0 Å². The molecule has 0 heterocycles. The van der Waals surface area contributed by atoms with Crippen LogP contribution >= 0.6 is 12.6 Å². The van der Waals surface area contributed by atoms with Crippen molar-refractivity contribution in [3.05, 3.63) is 23.3 Å². The van der Waals surface area contributed by atoms with Gasteiger partial charge in [0.25, 0.3) is 6.47 Å². The van der Waals surface area contributed by atoms with E-state index in [-0.39, 0.29) is 6.47 Å². The molecule has 1 aromatic rings. The summed E-state index contributed by atoms with van der Waals surface area (Å²) in [4.78, 5) is 11.8. The maximum Gasteiger partial charge on any atom is 0.290 e. The van der Waals surface area contributed by atoms with E-state index in [9.17, 15) is 0 Å². The monoisotopic (exact) mass is 255 g/mol. The van der Waals surface area contributed by atoms with E-state index in [1.54, 1.807) is 0 Å². The third-order valence-corrected chi connectivity index (χ3v) is 3.10. The number of rotatable bonds is 3. The van der Waals surface area contributed by atoms with Crippen molar-refractivity contribution in [1.29, 1.82) is 0 Å². The van der Waals surface area contributed by atoms with Crippen LogP contribution in [0.2, 0.25) is 0 Å². The maximum atomic E-state index is 8.36. The number of nitrogens with zero attached hydrogens (tertiary/aromatic N) is 1. The lowest BCUT2D eigenvalue weighted by atomic mass is 10.1. The standard InChI is InChI=1S/C12H19NS.CH2O2/c1-5-13(6-2)11-8-12(14)10(4)7-9(11)3;2-1-3/h7-8,14H,5-6H2,1-4H3;1H,(H,2,3). The molecule has 96 valence electrons. The Bertz CT molecular complexity index is 363. The van der Waals surface area contributed by atoms with Gasteiger partial charge in [-0.25, -0.2) is 0 Å². The van der Waals surface area contributed by atoms with Gasteiger partial charge in [0.05, 0.1) is 0 Å². The molecule has 0 radical (unpaired) electrons. The summed E-state index contributed by atoms with van der Waals surface area (Å²) < 4.78 is 0. The van der Waals surface area contributed by atoms with Crippen LogP contribution in [-0.2, 0) is 4.79 Å². The lowest BCUT2D eigenvalue weighted by molar-refractivity contribution is -0.122. The molecule has 0 aliphatic carbocycles. The number of anilines is 1. The van der Waals surface area contributed by atoms with Crippen LogP contribution in [0.4, 0.5) is 5.69 Å². The molecule has 4 heteroatoms. The van der Waals surface area contributed by atoms with Crippen LogP contribution in [0.15, 0.2) is 17.0 Å². The van der Waals surface area contributed by atoms with Gasteiger partial charge in [-0.05, 0) is 44.9 Å². The molecule has 0 unspecified atom stereocenters. The van der Waals surface area contributed by atoms with Crippen LogP contribution in [0.1, 0.15) is 25.0 Å². The van der Waals surface area contributed by atoms with Gasteiger partial charge in [-0.2, -0.15) is 0 Å². The zero-order valence-corrected chi connectivity index (χ0v) is 11.8. The van der Waals surface area contributed by atoms with E-state index in [1.165, 1.54) is 16.8 Å². The first kappa shape index (κ1) is 15.8. The smallest absolute Gasteiger partial charge is 0.290 e. The summed E-state index contributed by atoms with van der Waals surface area (Å²) in [6, 6.07) is 4.37. The molecule has 0 atom stereocenters. The second kappa shape index (κ2) is 8.01. The fraction of sp³-hybridized carbons (Fsp3) is 0.462. The lowest BCUT2D eigenvalue weighted by Crippen LogP contribution is -2.22. The van der Waals surface area contributed by atoms with Crippen molar-refractivity contribution in [2.24, 2.45) is 0 Å². The molecule has 0 aromatic heterocycles. The second-order valence-corrected chi connectivity index (χ2v) is 4.18. The summed E-state index contributed by atoms with van der Waals surface area (Å²) in [5.74, 6) is 0. The minimum absolute atomic E-state index is 0.250.